The third-order valence-electron chi connectivity index (χ3n) is 8.88. The second-order valence-corrected chi connectivity index (χ2v) is 14.5. The lowest BCUT2D eigenvalue weighted by Gasteiger charge is -2.24. The van der Waals surface area contributed by atoms with E-state index in [0.717, 1.165) is 24.0 Å². The first kappa shape index (κ1) is 33.5. The molecule has 250 valence electrons. The van der Waals surface area contributed by atoms with Crippen LogP contribution in [0, 0.1) is 5.92 Å². The van der Waals surface area contributed by atoms with Crippen LogP contribution in [-0.2, 0) is 40.9 Å². The summed E-state index contributed by atoms with van der Waals surface area (Å²) in [6, 6.07) is 25.2. The molecule has 5 aromatic rings. The molecule has 1 aromatic heterocycles. The fraction of sp³-hybridized carbons (Fsp3) is 0.297. The molecule has 0 aliphatic heterocycles. The van der Waals surface area contributed by atoms with Crippen molar-refractivity contribution in [3.8, 4) is 11.5 Å². The highest BCUT2D eigenvalue weighted by Gasteiger charge is 2.30. The summed E-state index contributed by atoms with van der Waals surface area (Å²) in [5.41, 5.74) is 3.31. The zero-order valence-electron chi connectivity index (χ0n) is 27.1. The van der Waals surface area contributed by atoms with Gasteiger partial charge in [0, 0.05) is 35.7 Å². The number of carbonyl (C=O) groups is 1. The number of ether oxygens (including phenoxy) is 2. The molecule has 0 radical (unpaired) electrons. The van der Waals surface area contributed by atoms with Crippen molar-refractivity contribution in [2.24, 2.45) is 5.92 Å². The molecule has 1 aliphatic rings. The molecule has 0 unspecified atom stereocenters. The molecule has 1 heterocycles. The third-order valence-corrected chi connectivity index (χ3v) is 11.1. The van der Waals surface area contributed by atoms with Crippen LogP contribution in [0.3, 0.4) is 0 Å². The monoisotopic (exact) mass is 686 g/mol. The average Bonchev–Trinajstić information content (AvgIpc) is 3.76. The predicted octanol–water partition coefficient (Wildman–Crippen LogP) is 7.47. The van der Waals surface area contributed by atoms with Crippen molar-refractivity contribution < 1.29 is 22.7 Å². The molecule has 1 saturated carbocycles. The van der Waals surface area contributed by atoms with E-state index in [1.54, 1.807) is 38.6 Å². The zero-order chi connectivity index (χ0) is 33.7. The molecule has 6 rings (SSSR count). The van der Waals surface area contributed by atoms with E-state index in [4.69, 9.17) is 21.1 Å². The first-order chi connectivity index (χ1) is 23.2. The van der Waals surface area contributed by atoms with Crippen molar-refractivity contribution in [2.75, 3.05) is 19.5 Å². The summed E-state index contributed by atoms with van der Waals surface area (Å²) in [5.74, 6) is 1.52. The van der Waals surface area contributed by atoms with E-state index in [2.05, 4.69) is 10.4 Å². The van der Waals surface area contributed by atoms with Gasteiger partial charge in [0.1, 0.15) is 11.5 Å². The van der Waals surface area contributed by atoms with Gasteiger partial charge < -0.3 is 14.8 Å². The highest BCUT2D eigenvalue weighted by Crippen LogP contribution is 2.34. The summed E-state index contributed by atoms with van der Waals surface area (Å²) < 4.78 is 43.7. The lowest BCUT2D eigenvalue weighted by atomic mass is 10.1. The number of hydrogen-bond acceptors (Lipinski definition) is 6. The minimum absolute atomic E-state index is 0.0438. The highest BCUT2D eigenvalue weighted by atomic mass is 35.5. The van der Waals surface area contributed by atoms with Crippen LogP contribution in [0.15, 0.2) is 96.0 Å². The summed E-state index contributed by atoms with van der Waals surface area (Å²) in [7, 11) is -0.966. The smallest absolute Gasteiger partial charge is 0.244 e. The van der Waals surface area contributed by atoms with Crippen molar-refractivity contribution in [3.63, 3.8) is 0 Å². The predicted molar refractivity (Wildman–Crippen MR) is 188 cm³/mol. The largest absolute Gasteiger partial charge is 0.497 e. The maximum Gasteiger partial charge on any atom is 0.244 e. The average molecular weight is 687 g/mol. The third kappa shape index (κ3) is 7.67. The van der Waals surface area contributed by atoms with Gasteiger partial charge in [0.25, 0.3) is 0 Å². The first-order valence-electron chi connectivity index (χ1n) is 16.0. The molecule has 1 N–H and O–H groups in total. The van der Waals surface area contributed by atoms with Gasteiger partial charge >= 0.3 is 0 Å². The zero-order valence-corrected chi connectivity index (χ0v) is 28.6. The number of sulfonamides is 1. The normalized spacial score (nSPS) is 13.7. The number of nitrogens with one attached hydrogen (secondary N) is 1. The number of rotatable bonds is 13. The number of fused-ring (bicyclic) bond motifs is 1. The number of carbonyl (C=O) groups excluding carboxylic acids is 1. The van der Waals surface area contributed by atoms with Crippen LogP contribution >= 0.6 is 11.6 Å². The van der Waals surface area contributed by atoms with E-state index >= 15 is 0 Å². The Morgan fingerprint density at radius 1 is 0.917 bits per heavy atom. The summed E-state index contributed by atoms with van der Waals surface area (Å²) in [5, 5.41) is 8.62. The van der Waals surface area contributed by atoms with Gasteiger partial charge in [-0.2, -0.15) is 9.40 Å². The molecule has 0 spiro atoms. The molecule has 9 nitrogen and oxygen atoms in total. The number of benzene rings is 4. The Bertz CT molecular complexity index is 1940. The number of anilines is 1. The lowest BCUT2D eigenvalue weighted by Crippen LogP contribution is -2.30. The van der Waals surface area contributed by atoms with Crippen molar-refractivity contribution in [3.05, 3.63) is 113 Å². The Morgan fingerprint density at radius 2 is 1.52 bits per heavy atom. The van der Waals surface area contributed by atoms with E-state index in [1.165, 1.54) is 17.1 Å². The van der Waals surface area contributed by atoms with Gasteiger partial charge in [0.15, 0.2) is 0 Å². The Morgan fingerprint density at radius 3 is 2.10 bits per heavy atom. The van der Waals surface area contributed by atoms with Gasteiger partial charge in [0.2, 0.25) is 15.9 Å². The van der Waals surface area contributed by atoms with E-state index in [9.17, 15) is 13.2 Å². The fourth-order valence-corrected chi connectivity index (χ4v) is 8.10. The fourth-order valence-electron chi connectivity index (χ4n) is 6.27. The van der Waals surface area contributed by atoms with Crippen LogP contribution in [0.5, 0.6) is 11.5 Å². The molecule has 48 heavy (non-hydrogen) atoms. The Labute approximate surface area is 286 Å². The maximum atomic E-state index is 14.8. The molecule has 0 saturated heterocycles. The van der Waals surface area contributed by atoms with Crippen LogP contribution in [0.2, 0.25) is 5.02 Å². The quantitative estimate of drug-likeness (QED) is 0.138. The van der Waals surface area contributed by atoms with E-state index in [0.29, 0.717) is 51.1 Å². The van der Waals surface area contributed by atoms with Gasteiger partial charge in [-0.15, -0.1) is 0 Å². The van der Waals surface area contributed by atoms with Gasteiger partial charge in [-0.1, -0.05) is 66.9 Å². The molecule has 4 aromatic carbocycles. The maximum absolute atomic E-state index is 14.8. The molecule has 0 bridgehead atoms. The number of aromatic nitrogens is 2. The minimum atomic E-state index is -4.15. The topological polar surface area (TPSA) is 103 Å². The molecule has 11 heteroatoms. The number of hydrogen-bond donors (Lipinski definition) is 1. The first-order valence-corrected chi connectivity index (χ1v) is 17.8. The van der Waals surface area contributed by atoms with Gasteiger partial charge in [0.05, 0.1) is 37.2 Å². The molecule has 0 atom stereocenters. The summed E-state index contributed by atoms with van der Waals surface area (Å²) in [6.07, 6.45) is 6.25. The molecule has 1 amide bonds. The van der Waals surface area contributed by atoms with Crippen LogP contribution in [0.25, 0.3) is 10.9 Å². The molecule has 1 aliphatic carbocycles. The number of nitrogens with zero attached hydrogens (tertiary/aromatic N) is 3. The standard InChI is InChI=1S/C37H39ClN4O5S/c1-46-31-15-11-27(12-16-31)23-41(24-28-13-17-32(47-2)18-14-28)48(44,45)36-21-30(40-37(43)19-29-9-5-6-10-34(29)38)20-35-33(36)22-39-42(35)25-26-7-3-4-8-26/h5-6,9-18,20-22,26H,3-4,7-8,19,23-25H2,1-2H3,(H,40,43). The Hall–Kier alpha value is -4.38. The summed E-state index contributed by atoms with van der Waals surface area (Å²) in [6.45, 7) is 0.903. The Balaban J connectivity index is 1.41. The second-order valence-electron chi connectivity index (χ2n) is 12.2. The van der Waals surface area contributed by atoms with Crippen molar-refractivity contribution in [1.82, 2.24) is 14.1 Å². The lowest BCUT2D eigenvalue weighted by molar-refractivity contribution is -0.115. The van der Waals surface area contributed by atoms with Gasteiger partial charge in [-0.25, -0.2) is 8.42 Å². The van der Waals surface area contributed by atoms with Crippen molar-refractivity contribution in [2.45, 2.75) is 56.6 Å². The van der Waals surface area contributed by atoms with Crippen molar-refractivity contribution >= 4 is 44.1 Å². The Kier molecular flexibility index (Phi) is 10.3. The van der Waals surface area contributed by atoms with Crippen LogP contribution in [-0.4, -0.2) is 42.6 Å². The summed E-state index contributed by atoms with van der Waals surface area (Å²) in [4.78, 5) is 13.4. The van der Waals surface area contributed by atoms with E-state index in [1.807, 2.05) is 71.4 Å². The van der Waals surface area contributed by atoms with Crippen LogP contribution in [0.4, 0.5) is 5.69 Å². The molecule has 1 fully saturated rings. The molecular formula is C37H39ClN4O5S. The number of amides is 1. The number of halogens is 1. The van der Waals surface area contributed by atoms with Crippen LogP contribution in [0.1, 0.15) is 42.4 Å². The highest BCUT2D eigenvalue weighted by molar-refractivity contribution is 7.89. The second kappa shape index (κ2) is 14.8. The van der Waals surface area contributed by atoms with Crippen molar-refractivity contribution in [1.29, 1.82) is 0 Å². The minimum Gasteiger partial charge on any atom is -0.497 e. The number of methoxy groups -OCH3 is 2. The van der Waals surface area contributed by atoms with E-state index in [-0.39, 0.29) is 30.3 Å². The van der Waals surface area contributed by atoms with Gasteiger partial charge in [-0.3, -0.25) is 9.48 Å². The van der Waals surface area contributed by atoms with Gasteiger partial charge in [-0.05, 0) is 77.9 Å². The summed E-state index contributed by atoms with van der Waals surface area (Å²) >= 11 is 6.33. The molecular weight excluding hydrogens is 648 g/mol. The van der Waals surface area contributed by atoms with Crippen LogP contribution < -0.4 is 14.8 Å². The SMILES string of the molecule is COc1ccc(CN(Cc2ccc(OC)cc2)S(=O)(=O)c2cc(NC(=O)Cc3ccccc3Cl)cc3c2cnn3CC2CCCC2)cc1. The van der Waals surface area contributed by atoms with E-state index < -0.39 is 10.0 Å².